The van der Waals surface area contributed by atoms with E-state index in [2.05, 4.69) is 29.5 Å². The molecule has 6 heteroatoms. The number of rotatable bonds is 4. The van der Waals surface area contributed by atoms with Crippen LogP contribution in [0.4, 0.5) is 0 Å². The van der Waals surface area contributed by atoms with Gasteiger partial charge < -0.3 is 5.32 Å². The van der Waals surface area contributed by atoms with Crippen molar-refractivity contribution in [2.45, 2.75) is 26.4 Å². The molecule has 0 bridgehead atoms. The van der Waals surface area contributed by atoms with Crippen LogP contribution in [0.15, 0.2) is 24.4 Å². The summed E-state index contributed by atoms with van der Waals surface area (Å²) < 4.78 is 1.75. The molecule has 0 saturated carbocycles. The quantitative estimate of drug-likeness (QED) is 0.938. The van der Waals surface area contributed by atoms with E-state index in [0.717, 1.165) is 11.4 Å². The van der Waals surface area contributed by atoms with E-state index in [1.165, 1.54) is 0 Å². The summed E-state index contributed by atoms with van der Waals surface area (Å²) in [5.74, 6) is 0. The molecule has 1 heterocycles. The molecule has 0 aliphatic carbocycles. The fourth-order valence-corrected chi connectivity index (χ4v) is 1.81. The second-order valence-corrected chi connectivity index (χ2v) is 5.09. The number of nitrogens with zero attached hydrogens (tertiary/aromatic N) is 3. The van der Waals surface area contributed by atoms with Crippen LogP contribution in [0.1, 0.15) is 19.5 Å². The van der Waals surface area contributed by atoms with Crippen LogP contribution in [0.5, 0.6) is 0 Å². The fraction of sp³-hybridized carbons (Fsp3) is 0.333. The summed E-state index contributed by atoms with van der Waals surface area (Å²) in [6.45, 7) is 4.88. The molecule has 1 aromatic carbocycles. The van der Waals surface area contributed by atoms with Gasteiger partial charge in [0.25, 0.3) is 0 Å². The van der Waals surface area contributed by atoms with Gasteiger partial charge in [-0.15, -0.1) is 5.10 Å². The Morgan fingerprint density at radius 3 is 2.72 bits per heavy atom. The van der Waals surface area contributed by atoms with Crippen molar-refractivity contribution in [2.75, 3.05) is 0 Å². The number of aromatic nitrogens is 3. The first-order valence-corrected chi connectivity index (χ1v) is 6.42. The first-order chi connectivity index (χ1) is 8.58. The first-order valence-electron chi connectivity index (χ1n) is 5.66. The van der Waals surface area contributed by atoms with E-state index in [0.29, 0.717) is 22.6 Å². The van der Waals surface area contributed by atoms with E-state index in [4.69, 9.17) is 23.2 Å². The van der Waals surface area contributed by atoms with Gasteiger partial charge in [-0.25, -0.2) is 4.68 Å². The largest absolute Gasteiger partial charge is 0.309 e. The molecular weight excluding hydrogens is 271 g/mol. The van der Waals surface area contributed by atoms with Crippen molar-refractivity contribution in [1.29, 1.82) is 0 Å². The lowest BCUT2D eigenvalue weighted by Crippen LogP contribution is -2.23. The fourth-order valence-electron chi connectivity index (χ4n) is 1.52. The van der Waals surface area contributed by atoms with Crippen LogP contribution in [0.3, 0.4) is 0 Å². The summed E-state index contributed by atoms with van der Waals surface area (Å²) in [7, 11) is 0. The van der Waals surface area contributed by atoms with Crippen molar-refractivity contribution >= 4 is 23.2 Å². The predicted molar refractivity (Wildman–Crippen MR) is 73.4 cm³/mol. The molecule has 1 aromatic heterocycles. The summed E-state index contributed by atoms with van der Waals surface area (Å²) in [6, 6.07) is 5.79. The molecule has 0 unspecified atom stereocenters. The molecule has 2 rings (SSSR count). The lowest BCUT2D eigenvalue weighted by atomic mass is 10.3. The molecule has 0 atom stereocenters. The van der Waals surface area contributed by atoms with Gasteiger partial charge in [-0.3, -0.25) is 0 Å². The van der Waals surface area contributed by atoms with Crippen LogP contribution in [0.25, 0.3) is 5.69 Å². The minimum atomic E-state index is 0.405. The molecule has 0 radical (unpaired) electrons. The lowest BCUT2D eigenvalue weighted by Gasteiger charge is -2.10. The van der Waals surface area contributed by atoms with E-state index in [1.54, 1.807) is 23.0 Å². The van der Waals surface area contributed by atoms with Gasteiger partial charge in [0, 0.05) is 12.6 Å². The van der Waals surface area contributed by atoms with Crippen molar-refractivity contribution in [1.82, 2.24) is 20.3 Å². The highest BCUT2D eigenvalue weighted by Gasteiger charge is 2.08. The van der Waals surface area contributed by atoms with Gasteiger partial charge in [-0.1, -0.05) is 42.3 Å². The Hall–Kier alpha value is -1.10. The van der Waals surface area contributed by atoms with Gasteiger partial charge in [0.15, 0.2) is 0 Å². The molecule has 18 heavy (non-hydrogen) atoms. The van der Waals surface area contributed by atoms with Crippen LogP contribution in [-0.2, 0) is 6.54 Å². The number of benzene rings is 1. The van der Waals surface area contributed by atoms with E-state index < -0.39 is 0 Å². The monoisotopic (exact) mass is 284 g/mol. The molecule has 2 aromatic rings. The Balaban J connectivity index is 2.27. The first kappa shape index (κ1) is 13.3. The second-order valence-electron chi connectivity index (χ2n) is 4.27. The molecule has 96 valence electrons. The standard InChI is InChI=1S/C12H14Cl2N4/c1-8(2)15-6-10-7-16-17-18(10)9-3-4-11(13)12(14)5-9/h3-5,7-8,15H,6H2,1-2H3. The lowest BCUT2D eigenvalue weighted by molar-refractivity contribution is 0.570. The van der Waals surface area contributed by atoms with Crippen molar-refractivity contribution in [2.24, 2.45) is 0 Å². The zero-order chi connectivity index (χ0) is 13.1. The Morgan fingerprint density at radius 1 is 1.28 bits per heavy atom. The Kier molecular flexibility index (Phi) is 4.22. The van der Waals surface area contributed by atoms with Crippen molar-refractivity contribution < 1.29 is 0 Å². The molecule has 0 spiro atoms. The highest BCUT2D eigenvalue weighted by molar-refractivity contribution is 6.42. The van der Waals surface area contributed by atoms with Crippen LogP contribution < -0.4 is 5.32 Å². The third kappa shape index (κ3) is 3.02. The zero-order valence-corrected chi connectivity index (χ0v) is 11.7. The smallest absolute Gasteiger partial charge is 0.0783 e. The number of nitrogens with one attached hydrogen (secondary N) is 1. The summed E-state index contributed by atoms with van der Waals surface area (Å²) in [5, 5.41) is 12.3. The highest BCUT2D eigenvalue weighted by atomic mass is 35.5. The molecular formula is C12H14Cl2N4. The third-order valence-corrected chi connectivity index (χ3v) is 3.20. The molecule has 1 N–H and O–H groups in total. The molecule has 0 amide bonds. The van der Waals surface area contributed by atoms with Crippen LogP contribution in [0, 0.1) is 0 Å². The minimum Gasteiger partial charge on any atom is -0.309 e. The van der Waals surface area contributed by atoms with E-state index in [-0.39, 0.29) is 0 Å². The van der Waals surface area contributed by atoms with Gasteiger partial charge in [0.05, 0.1) is 27.6 Å². The Morgan fingerprint density at radius 2 is 2.06 bits per heavy atom. The maximum atomic E-state index is 6.00. The highest BCUT2D eigenvalue weighted by Crippen LogP contribution is 2.24. The topological polar surface area (TPSA) is 42.7 Å². The second kappa shape index (κ2) is 5.69. The molecule has 4 nitrogen and oxygen atoms in total. The predicted octanol–water partition coefficient (Wildman–Crippen LogP) is 3.07. The van der Waals surface area contributed by atoms with E-state index in [9.17, 15) is 0 Å². The van der Waals surface area contributed by atoms with Gasteiger partial charge in [0.2, 0.25) is 0 Å². The molecule has 0 aliphatic rings. The molecule has 0 fully saturated rings. The summed E-state index contributed by atoms with van der Waals surface area (Å²) in [4.78, 5) is 0. The average Bonchev–Trinajstić information content (AvgIpc) is 2.78. The number of hydrogen-bond acceptors (Lipinski definition) is 3. The van der Waals surface area contributed by atoms with Crippen molar-refractivity contribution in [3.63, 3.8) is 0 Å². The molecule has 0 saturated heterocycles. The maximum Gasteiger partial charge on any atom is 0.0783 e. The minimum absolute atomic E-state index is 0.405. The van der Waals surface area contributed by atoms with Crippen molar-refractivity contribution in [3.05, 3.63) is 40.1 Å². The normalized spacial score (nSPS) is 11.2. The Bertz CT molecular complexity index is 537. The van der Waals surface area contributed by atoms with Crippen LogP contribution in [-0.4, -0.2) is 21.0 Å². The summed E-state index contributed by atoms with van der Waals surface area (Å²) >= 11 is 11.9. The average molecular weight is 285 g/mol. The van der Waals surface area contributed by atoms with Gasteiger partial charge in [-0.05, 0) is 18.2 Å². The number of hydrogen-bond donors (Lipinski definition) is 1. The van der Waals surface area contributed by atoms with E-state index in [1.807, 2.05) is 6.07 Å². The van der Waals surface area contributed by atoms with E-state index >= 15 is 0 Å². The third-order valence-electron chi connectivity index (χ3n) is 2.46. The van der Waals surface area contributed by atoms with Gasteiger partial charge >= 0.3 is 0 Å². The zero-order valence-electron chi connectivity index (χ0n) is 10.2. The molecule has 0 aliphatic heterocycles. The van der Waals surface area contributed by atoms with Crippen LogP contribution in [0.2, 0.25) is 10.0 Å². The SMILES string of the molecule is CC(C)NCc1cnnn1-c1ccc(Cl)c(Cl)c1. The summed E-state index contributed by atoms with van der Waals surface area (Å²) in [5.41, 5.74) is 1.82. The van der Waals surface area contributed by atoms with Crippen LogP contribution >= 0.6 is 23.2 Å². The number of halogens is 2. The van der Waals surface area contributed by atoms with Gasteiger partial charge in [0.1, 0.15) is 0 Å². The maximum absolute atomic E-state index is 6.00. The summed E-state index contributed by atoms with van der Waals surface area (Å²) in [6.07, 6.45) is 1.73. The van der Waals surface area contributed by atoms with Crippen molar-refractivity contribution in [3.8, 4) is 5.69 Å². The van der Waals surface area contributed by atoms with Gasteiger partial charge in [-0.2, -0.15) is 0 Å². The Labute approximate surface area is 116 Å².